The van der Waals surface area contributed by atoms with E-state index in [1.165, 1.54) is 12.1 Å². The van der Waals surface area contributed by atoms with Crippen molar-refractivity contribution in [2.24, 2.45) is 0 Å². The molecule has 6 heteroatoms. The summed E-state index contributed by atoms with van der Waals surface area (Å²) in [5, 5.41) is 8.20. The SMILES string of the molecule is Nc1cc(Br)cn2c(Cc3ccc(F)cc3)nnc12. The summed E-state index contributed by atoms with van der Waals surface area (Å²) < 4.78 is 15.6. The van der Waals surface area contributed by atoms with E-state index in [-0.39, 0.29) is 5.82 Å². The molecule has 0 atom stereocenters. The van der Waals surface area contributed by atoms with Crippen LogP contribution >= 0.6 is 15.9 Å². The number of hydrogen-bond acceptors (Lipinski definition) is 3. The molecule has 19 heavy (non-hydrogen) atoms. The highest BCUT2D eigenvalue weighted by Crippen LogP contribution is 2.20. The number of hydrogen-bond donors (Lipinski definition) is 1. The molecule has 0 amide bonds. The zero-order valence-electron chi connectivity index (χ0n) is 9.85. The lowest BCUT2D eigenvalue weighted by Crippen LogP contribution is -1.98. The molecule has 96 valence electrons. The minimum Gasteiger partial charge on any atom is -0.396 e. The van der Waals surface area contributed by atoms with Crippen LogP contribution in [0.25, 0.3) is 5.65 Å². The third-order valence-electron chi connectivity index (χ3n) is 2.85. The third kappa shape index (κ3) is 2.31. The van der Waals surface area contributed by atoms with Gasteiger partial charge in [-0.15, -0.1) is 10.2 Å². The van der Waals surface area contributed by atoms with Crippen molar-refractivity contribution in [2.45, 2.75) is 6.42 Å². The molecule has 4 nitrogen and oxygen atoms in total. The molecule has 0 bridgehead atoms. The van der Waals surface area contributed by atoms with E-state index in [0.717, 1.165) is 15.9 Å². The highest BCUT2D eigenvalue weighted by atomic mass is 79.9. The van der Waals surface area contributed by atoms with Crippen LogP contribution in [0.3, 0.4) is 0 Å². The van der Waals surface area contributed by atoms with Crippen molar-refractivity contribution in [3.8, 4) is 0 Å². The van der Waals surface area contributed by atoms with Crippen LogP contribution in [0.15, 0.2) is 41.0 Å². The van der Waals surface area contributed by atoms with E-state index in [1.54, 1.807) is 18.2 Å². The summed E-state index contributed by atoms with van der Waals surface area (Å²) in [6.07, 6.45) is 2.43. The molecule has 2 heterocycles. The van der Waals surface area contributed by atoms with Crippen molar-refractivity contribution in [3.05, 3.63) is 58.2 Å². The van der Waals surface area contributed by atoms with E-state index in [1.807, 2.05) is 10.6 Å². The first-order chi connectivity index (χ1) is 9.13. The minimum atomic E-state index is -0.248. The zero-order chi connectivity index (χ0) is 13.4. The van der Waals surface area contributed by atoms with Crippen molar-refractivity contribution in [1.29, 1.82) is 0 Å². The van der Waals surface area contributed by atoms with Crippen LogP contribution in [0.1, 0.15) is 11.4 Å². The molecule has 0 saturated carbocycles. The van der Waals surface area contributed by atoms with Crippen molar-refractivity contribution in [1.82, 2.24) is 14.6 Å². The van der Waals surface area contributed by atoms with Gasteiger partial charge in [0.2, 0.25) is 0 Å². The van der Waals surface area contributed by atoms with Gasteiger partial charge in [0.05, 0.1) is 5.69 Å². The number of halogens is 2. The van der Waals surface area contributed by atoms with Crippen molar-refractivity contribution in [2.75, 3.05) is 5.73 Å². The van der Waals surface area contributed by atoms with Gasteiger partial charge in [0.1, 0.15) is 11.6 Å². The Kier molecular flexibility index (Phi) is 2.94. The molecule has 2 N–H and O–H groups in total. The number of anilines is 1. The van der Waals surface area contributed by atoms with Gasteiger partial charge in [-0.3, -0.25) is 4.40 Å². The van der Waals surface area contributed by atoms with E-state index in [2.05, 4.69) is 26.1 Å². The fraction of sp³-hybridized carbons (Fsp3) is 0.0769. The highest BCUT2D eigenvalue weighted by molar-refractivity contribution is 9.10. The molecule has 0 aliphatic rings. The Morgan fingerprint density at radius 3 is 2.68 bits per heavy atom. The summed E-state index contributed by atoms with van der Waals surface area (Å²) in [6, 6.07) is 8.12. The molecule has 0 unspecified atom stereocenters. The smallest absolute Gasteiger partial charge is 0.184 e. The first-order valence-electron chi connectivity index (χ1n) is 5.66. The Morgan fingerprint density at radius 1 is 1.21 bits per heavy atom. The molecule has 0 radical (unpaired) electrons. The van der Waals surface area contributed by atoms with Crippen LogP contribution in [-0.4, -0.2) is 14.6 Å². The number of pyridine rings is 1. The summed E-state index contributed by atoms with van der Waals surface area (Å²) >= 11 is 3.39. The normalized spacial score (nSPS) is 11.1. The summed E-state index contributed by atoms with van der Waals surface area (Å²) in [6.45, 7) is 0. The Labute approximate surface area is 117 Å². The maximum atomic E-state index is 12.9. The summed E-state index contributed by atoms with van der Waals surface area (Å²) in [7, 11) is 0. The molecule has 0 fully saturated rings. The van der Waals surface area contributed by atoms with Crippen LogP contribution in [0.5, 0.6) is 0 Å². The van der Waals surface area contributed by atoms with E-state index in [9.17, 15) is 4.39 Å². The van der Waals surface area contributed by atoms with Gasteiger partial charge in [0, 0.05) is 17.1 Å². The average molecular weight is 321 g/mol. The second-order valence-electron chi connectivity index (χ2n) is 4.23. The lowest BCUT2D eigenvalue weighted by atomic mass is 10.1. The van der Waals surface area contributed by atoms with Gasteiger partial charge in [0.15, 0.2) is 5.65 Å². The Morgan fingerprint density at radius 2 is 1.95 bits per heavy atom. The first-order valence-corrected chi connectivity index (χ1v) is 6.46. The predicted molar refractivity (Wildman–Crippen MR) is 74.3 cm³/mol. The number of fused-ring (bicyclic) bond motifs is 1. The standard InChI is InChI=1S/C13H10BrFN4/c14-9-6-11(16)13-18-17-12(19(13)7-9)5-8-1-3-10(15)4-2-8/h1-4,6-7H,5,16H2. The largest absolute Gasteiger partial charge is 0.396 e. The Bertz CT molecular complexity index is 736. The molecule has 2 aromatic heterocycles. The molecule has 0 spiro atoms. The first kappa shape index (κ1) is 12.1. The topological polar surface area (TPSA) is 56.2 Å². The quantitative estimate of drug-likeness (QED) is 0.790. The lowest BCUT2D eigenvalue weighted by molar-refractivity contribution is 0.627. The van der Waals surface area contributed by atoms with Crippen molar-refractivity contribution in [3.63, 3.8) is 0 Å². The maximum absolute atomic E-state index is 12.9. The third-order valence-corrected chi connectivity index (χ3v) is 3.28. The summed E-state index contributed by atoms with van der Waals surface area (Å²) in [4.78, 5) is 0. The van der Waals surface area contributed by atoms with Gasteiger partial charge >= 0.3 is 0 Å². The number of aromatic nitrogens is 3. The van der Waals surface area contributed by atoms with Crippen LogP contribution in [0.4, 0.5) is 10.1 Å². The van der Waals surface area contributed by atoms with Crippen molar-refractivity contribution < 1.29 is 4.39 Å². The average Bonchev–Trinajstić information content (AvgIpc) is 2.76. The summed E-state index contributed by atoms with van der Waals surface area (Å²) in [5.74, 6) is 0.511. The fourth-order valence-corrected chi connectivity index (χ4v) is 2.39. The predicted octanol–water partition coefficient (Wildman–Crippen LogP) is 2.80. The fourth-order valence-electron chi connectivity index (χ4n) is 1.94. The number of nitrogens with two attached hydrogens (primary N) is 1. The van der Waals surface area contributed by atoms with E-state index >= 15 is 0 Å². The number of nitrogen functional groups attached to an aromatic ring is 1. The molecule has 0 saturated heterocycles. The Balaban J connectivity index is 2.03. The van der Waals surface area contributed by atoms with E-state index in [0.29, 0.717) is 17.8 Å². The minimum absolute atomic E-state index is 0.248. The number of benzene rings is 1. The van der Waals surface area contributed by atoms with Gasteiger partial charge in [-0.05, 0) is 39.7 Å². The van der Waals surface area contributed by atoms with Crippen LogP contribution in [-0.2, 0) is 6.42 Å². The molecule has 3 rings (SSSR count). The highest BCUT2D eigenvalue weighted by Gasteiger charge is 2.09. The number of rotatable bonds is 2. The maximum Gasteiger partial charge on any atom is 0.184 e. The molecule has 3 aromatic rings. The zero-order valence-corrected chi connectivity index (χ0v) is 11.4. The van der Waals surface area contributed by atoms with Crippen LogP contribution < -0.4 is 5.73 Å². The van der Waals surface area contributed by atoms with Crippen LogP contribution in [0.2, 0.25) is 0 Å². The summed E-state index contributed by atoms with van der Waals surface area (Å²) in [5.41, 5.74) is 8.04. The Hall–Kier alpha value is -1.95. The molecule has 0 aliphatic carbocycles. The van der Waals surface area contributed by atoms with Gasteiger partial charge in [-0.1, -0.05) is 12.1 Å². The molecule has 1 aromatic carbocycles. The molecular weight excluding hydrogens is 311 g/mol. The van der Waals surface area contributed by atoms with Gasteiger partial charge < -0.3 is 5.73 Å². The van der Waals surface area contributed by atoms with Crippen molar-refractivity contribution >= 4 is 27.3 Å². The van der Waals surface area contributed by atoms with E-state index < -0.39 is 0 Å². The monoisotopic (exact) mass is 320 g/mol. The number of nitrogens with zero attached hydrogens (tertiary/aromatic N) is 3. The van der Waals surface area contributed by atoms with Gasteiger partial charge in [-0.2, -0.15) is 0 Å². The second kappa shape index (κ2) is 4.62. The van der Waals surface area contributed by atoms with Gasteiger partial charge in [0.25, 0.3) is 0 Å². The van der Waals surface area contributed by atoms with E-state index in [4.69, 9.17) is 5.73 Å². The molecular formula is C13H10BrFN4. The van der Waals surface area contributed by atoms with Crippen LogP contribution in [0, 0.1) is 5.82 Å². The lowest BCUT2D eigenvalue weighted by Gasteiger charge is -2.03. The van der Waals surface area contributed by atoms with Gasteiger partial charge in [-0.25, -0.2) is 4.39 Å². The molecule has 0 aliphatic heterocycles. The second-order valence-corrected chi connectivity index (χ2v) is 5.14.